The van der Waals surface area contributed by atoms with Gasteiger partial charge in [0, 0.05) is 12.0 Å². The van der Waals surface area contributed by atoms with E-state index in [1.807, 2.05) is 6.92 Å². The maximum absolute atomic E-state index is 12.3. The summed E-state index contributed by atoms with van der Waals surface area (Å²) in [5.74, 6) is -0.715. The molecular weight excluding hydrogens is 487 g/mol. The Labute approximate surface area is 220 Å². The zero-order chi connectivity index (χ0) is 26.1. The number of allylic oxidation sites excluding steroid dienone is 1. The lowest BCUT2D eigenvalue weighted by Gasteiger charge is -2.11. The molecule has 5 nitrogen and oxygen atoms in total. The summed E-state index contributed by atoms with van der Waals surface area (Å²) in [7, 11) is 0. The molecule has 0 aliphatic heterocycles. The first-order chi connectivity index (χ1) is 16.8. The van der Waals surface area contributed by atoms with Crippen molar-refractivity contribution in [3.63, 3.8) is 0 Å². The molecule has 196 valence electrons. The van der Waals surface area contributed by atoms with Crippen molar-refractivity contribution in [2.24, 2.45) is 0 Å². The van der Waals surface area contributed by atoms with Crippen LogP contribution in [0.3, 0.4) is 0 Å². The Hall–Kier alpha value is -1.85. The summed E-state index contributed by atoms with van der Waals surface area (Å²) < 4.78 is 10.7. The van der Waals surface area contributed by atoms with Crippen LogP contribution in [0, 0.1) is 0 Å². The van der Waals surface area contributed by atoms with Crippen LogP contribution in [-0.4, -0.2) is 30.7 Å². The van der Waals surface area contributed by atoms with Crippen molar-refractivity contribution in [3.8, 4) is 5.75 Å². The van der Waals surface area contributed by atoms with Gasteiger partial charge in [-0.1, -0.05) is 101 Å². The topological polar surface area (TPSA) is 69.7 Å². The van der Waals surface area contributed by atoms with E-state index in [4.69, 9.17) is 32.7 Å². The van der Waals surface area contributed by atoms with Crippen LogP contribution in [0.25, 0.3) is 0 Å². The highest BCUT2D eigenvalue weighted by Gasteiger charge is 2.18. The van der Waals surface area contributed by atoms with Crippen molar-refractivity contribution >= 4 is 40.7 Å². The molecule has 0 heterocycles. The first-order valence-corrected chi connectivity index (χ1v) is 13.6. The number of esters is 1. The van der Waals surface area contributed by atoms with Gasteiger partial charge >= 0.3 is 5.97 Å². The van der Waals surface area contributed by atoms with E-state index < -0.39 is 0 Å². The van der Waals surface area contributed by atoms with Gasteiger partial charge in [0.2, 0.25) is 0 Å². The Morgan fingerprint density at radius 1 is 0.829 bits per heavy atom. The molecule has 0 aliphatic rings. The van der Waals surface area contributed by atoms with Crippen LogP contribution in [-0.2, 0) is 14.3 Å². The molecule has 7 heteroatoms. The van der Waals surface area contributed by atoms with Crippen molar-refractivity contribution in [2.45, 2.75) is 97.3 Å². The van der Waals surface area contributed by atoms with E-state index in [1.165, 1.54) is 57.1 Å². The molecule has 1 aromatic carbocycles. The van der Waals surface area contributed by atoms with Crippen LogP contribution in [0.5, 0.6) is 5.75 Å². The Balaban J connectivity index is 2.21. The maximum atomic E-state index is 12.3. The van der Waals surface area contributed by atoms with Gasteiger partial charge in [-0.2, -0.15) is 0 Å². The number of ether oxygens (including phenoxy) is 2. The van der Waals surface area contributed by atoms with E-state index in [0.29, 0.717) is 18.6 Å². The fraction of sp³-hybridized carbons (Fsp3) is 0.607. The second kappa shape index (κ2) is 18.4. The van der Waals surface area contributed by atoms with Crippen molar-refractivity contribution < 1.29 is 23.9 Å². The minimum absolute atomic E-state index is 0.0149. The van der Waals surface area contributed by atoms with Crippen molar-refractivity contribution in [2.75, 3.05) is 13.2 Å². The molecule has 35 heavy (non-hydrogen) atoms. The molecule has 0 bridgehead atoms. The number of Topliss-reactive ketones (excluding diaryl/α,β-unsaturated/α-hetero) is 2. The van der Waals surface area contributed by atoms with Crippen LogP contribution < -0.4 is 4.74 Å². The number of hydrogen-bond donors (Lipinski definition) is 0. The number of unbranched alkanes of at least 4 members (excludes halogenated alkanes) is 9. The molecule has 1 aromatic rings. The third kappa shape index (κ3) is 12.6. The zero-order valence-corrected chi connectivity index (χ0v) is 22.8. The second-order valence-corrected chi connectivity index (χ2v) is 9.51. The highest BCUT2D eigenvalue weighted by atomic mass is 35.5. The monoisotopic (exact) mass is 526 g/mol. The number of ketones is 2. The second-order valence-electron chi connectivity index (χ2n) is 8.76. The fourth-order valence-electron chi connectivity index (χ4n) is 3.49. The molecular formula is C28H40Cl2O5. The van der Waals surface area contributed by atoms with Crippen LogP contribution in [0.15, 0.2) is 24.3 Å². The third-order valence-electron chi connectivity index (χ3n) is 5.80. The first-order valence-electron chi connectivity index (χ1n) is 12.8. The van der Waals surface area contributed by atoms with E-state index in [1.54, 1.807) is 0 Å². The van der Waals surface area contributed by atoms with Gasteiger partial charge in [-0.15, -0.1) is 0 Å². The normalized spacial score (nSPS) is 10.7. The van der Waals surface area contributed by atoms with E-state index in [-0.39, 0.29) is 58.3 Å². The largest absolute Gasteiger partial charge is 0.484 e. The number of carbonyl (C=O) groups excluding carboxylic acids is 3. The SMILES string of the molecule is C=C(CC)C(=O)c1ccc(OCC(=O)CCC(=O)OCCCCCCCCCCCC)c(Cl)c1Cl. The van der Waals surface area contributed by atoms with Crippen LogP contribution in [0.4, 0.5) is 0 Å². The number of carbonyl (C=O) groups is 3. The average Bonchev–Trinajstić information content (AvgIpc) is 2.85. The van der Waals surface area contributed by atoms with Crippen molar-refractivity contribution in [1.29, 1.82) is 0 Å². The summed E-state index contributed by atoms with van der Waals surface area (Å²) >= 11 is 12.4. The summed E-state index contributed by atoms with van der Waals surface area (Å²) in [4.78, 5) is 36.3. The molecule has 0 spiro atoms. The van der Waals surface area contributed by atoms with Crippen molar-refractivity contribution in [1.82, 2.24) is 0 Å². The van der Waals surface area contributed by atoms with Gasteiger partial charge in [0.1, 0.15) is 17.4 Å². The van der Waals surface area contributed by atoms with Gasteiger partial charge in [0.25, 0.3) is 0 Å². The molecule has 0 saturated heterocycles. The quantitative estimate of drug-likeness (QED) is 0.0738. The lowest BCUT2D eigenvalue weighted by atomic mass is 10.0. The highest BCUT2D eigenvalue weighted by molar-refractivity contribution is 6.45. The number of halogens is 2. The van der Waals surface area contributed by atoms with E-state index in [0.717, 1.165) is 19.3 Å². The lowest BCUT2D eigenvalue weighted by Crippen LogP contribution is -2.15. The molecule has 0 saturated carbocycles. The minimum atomic E-state index is -0.380. The molecule has 0 N–H and O–H groups in total. The van der Waals surface area contributed by atoms with Crippen molar-refractivity contribution in [3.05, 3.63) is 39.9 Å². The summed E-state index contributed by atoms with van der Waals surface area (Å²) in [6, 6.07) is 3.00. The molecule has 0 aliphatic carbocycles. The predicted molar refractivity (Wildman–Crippen MR) is 143 cm³/mol. The van der Waals surface area contributed by atoms with Gasteiger partial charge in [0.05, 0.1) is 18.1 Å². The molecule has 0 amide bonds. The number of rotatable bonds is 20. The highest BCUT2D eigenvalue weighted by Crippen LogP contribution is 2.35. The molecule has 0 atom stereocenters. The molecule has 0 aromatic heterocycles. The fourth-order valence-corrected chi connectivity index (χ4v) is 3.95. The molecule has 0 fully saturated rings. The van der Waals surface area contributed by atoms with Gasteiger partial charge in [-0.3, -0.25) is 14.4 Å². The molecule has 1 rings (SSSR count). The van der Waals surface area contributed by atoms with E-state index in [9.17, 15) is 14.4 Å². The van der Waals surface area contributed by atoms with Crippen LogP contribution >= 0.6 is 23.2 Å². The maximum Gasteiger partial charge on any atom is 0.306 e. The Bertz CT molecular complexity index is 835. The summed E-state index contributed by atoms with van der Waals surface area (Å²) in [5, 5.41) is 0.122. The Morgan fingerprint density at radius 3 is 2.03 bits per heavy atom. The summed E-state index contributed by atoms with van der Waals surface area (Å²) in [6.45, 7) is 7.91. The Kier molecular flexibility index (Phi) is 16.4. The van der Waals surface area contributed by atoms with Gasteiger partial charge in [-0.05, 0) is 30.5 Å². The van der Waals surface area contributed by atoms with Gasteiger partial charge < -0.3 is 9.47 Å². The third-order valence-corrected chi connectivity index (χ3v) is 6.66. The Morgan fingerprint density at radius 2 is 1.43 bits per heavy atom. The summed E-state index contributed by atoms with van der Waals surface area (Å²) in [5.41, 5.74) is 0.666. The lowest BCUT2D eigenvalue weighted by molar-refractivity contribution is -0.145. The predicted octanol–water partition coefficient (Wildman–Crippen LogP) is 8.33. The number of benzene rings is 1. The number of hydrogen-bond acceptors (Lipinski definition) is 5. The summed E-state index contributed by atoms with van der Waals surface area (Å²) in [6.07, 6.45) is 12.7. The smallest absolute Gasteiger partial charge is 0.306 e. The van der Waals surface area contributed by atoms with Gasteiger partial charge in [0.15, 0.2) is 11.6 Å². The van der Waals surface area contributed by atoms with Crippen LogP contribution in [0.1, 0.15) is 108 Å². The molecule has 0 radical (unpaired) electrons. The minimum Gasteiger partial charge on any atom is -0.484 e. The molecule has 0 unspecified atom stereocenters. The first kappa shape index (κ1) is 31.2. The van der Waals surface area contributed by atoms with Gasteiger partial charge in [-0.25, -0.2) is 0 Å². The standard InChI is InChI=1S/C28H40Cl2O5/c1-4-6-7-8-9-10-11-12-13-14-19-34-25(32)18-15-22(31)20-35-24-17-16-23(26(29)27(24)30)28(33)21(3)5-2/h16-17H,3-15,18-20H2,1-2H3. The van der Waals surface area contributed by atoms with E-state index in [2.05, 4.69) is 13.5 Å². The van der Waals surface area contributed by atoms with E-state index >= 15 is 0 Å². The average molecular weight is 528 g/mol. The zero-order valence-electron chi connectivity index (χ0n) is 21.3. The van der Waals surface area contributed by atoms with Crippen LogP contribution in [0.2, 0.25) is 10.0 Å².